The smallest absolute Gasteiger partial charge is 0.462 e. The fraction of sp³-hybridized carbons (Fsp3) is 0.904. The largest absolute Gasteiger partial charge is 0.472 e. The molecule has 0 rings (SSSR count). The van der Waals surface area contributed by atoms with Gasteiger partial charge in [0.25, 0.3) is 0 Å². The highest BCUT2D eigenvalue weighted by atomic mass is 31.2. The van der Waals surface area contributed by atoms with E-state index >= 15 is 0 Å². The molecule has 19 heteroatoms. The number of esters is 4. The van der Waals surface area contributed by atoms with Crippen LogP contribution in [0.1, 0.15) is 408 Å². The van der Waals surface area contributed by atoms with Gasteiger partial charge in [0, 0.05) is 25.7 Å². The molecule has 0 aromatic rings. The van der Waals surface area contributed by atoms with Crippen molar-refractivity contribution in [2.75, 3.05) is 39.6 Å². The first-order valence-electron chi connectivity index (χ1n) is 42.2. The molecule has 0 saturated heterocycles. The second kappa shape index (κ2) is 72.7. The number of unbranched alkanes of at least 4 members (excludes halogenated alkanes) is 44. The minimum Gasteiger partial charge on any atom is -0.462 e. The highest BCUT2D eigenvalue weighted by Crippen LogP contribution is 2.45. The molecule has 17 nitrogen and oxygen atoms in total. The van der Waals surface area contributed by atoms with Crippen LogP contribution < -0.4 is 0 Å². The lowest BCUT2D eigenvalue weighted by Gasteiger charge is -2.21. The lowest BCUT2D eigenvalue weighted by atomic mass is 10.0. The van der Waals surface area contributed by atoms with Crippen molar-refractivity contribution in [3.63, 3.8) is 0 Å². The monoisotopic (exact) mass is 1490 g/mol. The molecule has 3 N–H and O–H groups in total. The maximum absolute atomic E-state index is 13.1. The van der Waals surface area contributed by atoms with E-state index in [0.29, 0.717) is 31.6 Å². The number of aliphatic hydroxyl groups excluding tert-OH is 1. The SMILES string of the molecule is CCCCCC/C=C\C=C/CCCCCCCC(=O)OC[C@H](COP(=O)(O)OC[C@@H](O)COP(=O)(O)OC[C@@H](COC(=O)CCCCCCCCC(C)C)OC(=O)CCCCCCCCCCCCCCCCC(C)C)OC(=O)CCCCCCCCCCCCCCCCCCCCC(C)C. The van der Waals surface area contributed by atoms with Gasteiger partial charge in [-0.25, -0.2) is 9.13 Å². The van der Waals surface area contributed by atoms with Crippen LogP contribution in [0.4, 0.5) is 0 Å². The number of rotatable bonds is 79. The van der Waals surface area contributed by atoms with Crippen LogP contribution >= 0.6 is 15.6 Å². The van der Waals surface area contributed by atoms with Gasteiger partial charge in [-0.05, 0) is 69.1 Å². The van der Waals surface area contributed by atoms with Crippen LogP contribution in [0.15, 0.2) is 24.3 Å². The van der Waals surface area contributed by atoms with Crippen LogP contribution in [0.3, 0.4) is 0 Å². The molecule has 0 radical (unpaired) electrons. The second-order valence-corrected chi connectivity index (χ2v) is 33.5. The molecule has 0 aromatic carbocycles. The maximum Gasteiger partial charge on any atom is 0.472 e. The molecule has 0 spiro atoms. The summed E-state index contributed by atoms with van der Waals surface area (Å²) in [5, 5.41) is 10.6. The van der Waals surface area contributed by atoms with Gasteiger partial charge in [0.15, 0.2) is 12.2 Å². The van der Waals surface area contributed by atoms with Gasteiger partial charge < -0.3 is 33.8 Å². The molecular formula is C83H158O17P2. The van der Waals surface area contributed by atoms with Gasteiger partial charge in [0.05, 0.1) is 26.4 Å². The Morgan fingerprint density at radius 1 is 0.304 bits per heavy atom. The average molecular weight is 1490 g/mol. The molecule has 2 unspecified atom stereocenters. The van der Waals surface area contributed by atoms with E-state index in [1.54, 1.807) is 0 Å². The lowest BCUT2D eigenvalue weighted by Crippen LogP contribution is -2.30. The standard InChI is InChI=1S/C83H158O17P2/c1-8-9-10-11-12-13-14-15-20-27-32-37-42-50-57-64-80(85)93-70-78(99-82(87)66-59-52-43-38-33-28-22-19-17-16-18-21-25-30-35-40-47-54-61-74(2)3)72-97-101(89,90)95-68-77(84)69-96-102(91,92)98-73-79(71-94-81(86)65-58-51-46-45-49-56-63-76(6)7)100-83(88)67-60-53-44-39-34-29-24-23-26-31-36-41-48-55-62-75(4)5/h13-15,20,74-79,84H,8-12,16-19,21-73H2,1-7H3,(H,89,90)(H,91,92)/b14-13-,20-15-/t77-,78-,79-/m1/s1. The van der Waals surface area contributed by atoms with Crippen molar-refractivity contribution in [2.45, 2.75) is 426 Å². The van der Waals surface area contributed by atoms with Crippen molar-refractivity contribution in [2.24, 2.45) is 17.8 Å². The summed E-state index contributed by atoms with van der Waals surface area (Å²) < 4.78 is 68.7. The van der Waals surface area contributed by atoms with Gasteiger partial charge >= 0.3 is 39.5 Å². The summed E-state index contributed by atoms with van der Waals surface area (Å²) in [6.45, 7) is 11.9. The first-order valence-corrected chi connectivity index (χ1v) is 45.2. The van der Waals surface area contributed by atoms with Crippen molar-refractivity contribution in [1.82, 2.24) is 0 Å². The number of ether oxygens (including phenoxy) is 4. The fourth-order valence-electron chi connectivity index (χ4n) is 12.3. The third-order valence-corrected chi connectivity index (χ3v) is 20.7. The summed E-state index contributed by atoms with van der Waals surface area (Å²) in [6.07, 6.45) is 64.9. The third-order valence-electron chi connectivity index (χ3n) is 18.8. The van der Waals surface area contributed by atoms with E-state index in [4.69, 9.17) is 37.0 Å². The second-order valence-electron chi connectivity index (χ2n) is 30.6. The quantitative estimate of drug-likeness (QED) is 0.0169. The molecule has 102 heavy (non-hydrogen) atoms. The molecule has 0 aliphatic heterocycles. The van der Waals surface area contributed by atoms with Gasteiger partial charge in [0.1, 0.15) is 19.3 Å². The van der Waals surface area contributed by atoms with E-state index in [0.717, 1.165) is 127 Å². The maximum atomic E-state index is 13.1. The van der Waals surface area contributed by atoms with E-state index in [1.165, 1.54) is 193 Å². The predicted molar refractivity (Wildman–Crippen MR) is 418 cm³/mol. The van der Waals surface area contributed by atoms with E-state index in [1.807, 2.05) is 0 Å². The molecule has 0 aromatic heterocycles. The molecule has 5 atom stereocenters. The van der Waals surface area contributed by atoms with Crippen molar-refractivity contribution in [3.05, 3.63) is 24.3 Å². The molecule has 0 aliphatic carbocycles. The van der Waals surface area contributed by atoms with Crippen LogP contribution in [0.25, 0.3) is 0 Å². The predicted octanol–water partition coefficient (Wildman–Crippen LogP) is 24.5. The Morgan fingerprint density at radius 2 is 0.529 bits per heavy atom. The number of hydrogen-bond donors (Lipinski definition) is 3. The summed E-state index contributed by atoms with van der Waals surface area (Å²) >= 11 is 0. The van der Waals surface area contributed by atoms with Gasteiger partial charge in [-0.3, -0.25) is 37.3 Å². The average Bonchev–Trinajstić information content (AvgIpc) is 0.918. The number of carbonyl (C=O) groups excluding carboxylic acids is 4. The molecule has 0 aliphatic rings. The summed E-state index contributed by atoms with van der Waals surface area (Å²) in [6, 6.07) is 0. The summed E-state index contributed by atoms with van der Waals surface area (Å²) in [5.41, 5.74) is 0. The van der Waals surface area contributed by atoms with E-state index in [9.17, 15) is 43.2 Å². The summed E-state index contributed by atoms with van der Waals surface area (Å²) in [5.74, 6) is 0.149. The topological polar surface area (TPSA) is 237 Å². The number of phosphoric acid groups is 2. The van der Waals surface area contributed by atoms with Crippen LogP contribution in [-0.4, -0.2) is 96.7 Å². The Kier molecular flexibility index (Phi) is 71.0. The fourth-order valence-corrected chi connectivity index (χ4v) is 13.9. The van der Waals surface area contributed by atoms with Crippen LogP contribution in [0.5, 0.6) is 0 Å². The number of aliphatic hydroxyl groups is 1. The molecule has 0 heterocycles. The molecular weight excluding hydrogens is 1330 g/mol. The van der Waals surface area contributed by atoms with E-state index < -0.39 is 97.5 Å². The van der Waals surface area contributed by atoms with Gasteiger partial charge in [-0.1, -0.05) is 355 Å². The number of carbonyl (C=O) groups is 4. The minimum absolute atomic E-state index is 0.101. The van der Waals surface area contributed by atoms with E-state index in [2.05, 4.69) is 72.8 Å². The highest BCUT2D eigenvalue weighted by Gasteiger charge is 2.30. The van der Waals surface area contributed by atoms with Crippen LogP contribution in [0, 0.1) is 17.8 Å². The summed E-state index contributed by atoms with van der Waals surface area (Å²) in [4.78, 5) is 73.0. The molecule has 0 saturated carbocycles. The highest BCUT2D eigenvalue weighted by molar-refractivity contribution is 7.47. The first kappa shape index (κ1) is 99.5. The Bertz CT molecular complexity index is 2070. The Labute approximate surface area is 624 Å². The van der Waals surface area contributed by atoms with Crippen molar-refractivity contribution in [1.29, 1.82) is 0 Å². The van der Waals surface area contributed by atoms with Crippen molar-refractivity contribution >= 4 is 39.5 Å². The molecule has 0 bridgehead atoms. The Hall–Kier alpha value is -2.46. The zero-order valence-corrected chi connectivity index (χ0v) is 68.4. The van der Waals surface area contributed by atoms with Gasteiger partial charge in [-0.2, -0.15) is 0 Å². The molecule has 602 valence electrons. The van der Waals surface area contributed by atoms with E-state index in [-0.39, 0.29) is 25.7 Å². The third kappa shape index (κ3) is 75.8. The zero-order chi connectivity index (χ0) is 75.1. The van der Waals surface area contributed by atoms with Crippen LogP contribution in [-0.2, 0) is 65.4 Å². The first-order chi connectivity index (χ1) is 49.2. The Morgan fingerprint density at radius 3 is 0.794 bits per heavy atom. The molecule has 0 amide bonds. The number of phosphoric ester groups is 2. The van der Waals surface area contributed by atoms with Crippen LogP contribution in [0.2, 0.25) is 0 Å². The zero-order valence-electron chi connectivity index (χ0n) is 66.6. The van der Waals surface area contributed by atoms with Gasteiger partial charge in [-0.15, -0.1) is 0 Å². The number of hydrogen-bond acceptors (Lipinski definition) is 15. The minimum atomic E-state index is -4.97. The van der Waals surface area contributed by atoms with Crippen molar-refractivity contribution in [3.8, 4) is 0 Å². The molecule has 0 fully saturated rings. The Balaban J connectivity index is 5.24. The van der Waals surface area contributed by atoms with Gasteiger partial charge in [0.2, 0.25) is 0 Å². The normalized spacial score (nSPS) is 14.1. The lowest BCUT2D eigenvalue weighted by molar-refractivity contribution is -0.161. The summed E-state index contributed by atoms with van der Waals surface area (Å²) in [7, 11) is -9.93. The van der Waals surface area contributed by atoms with Crippen molar-refractivity contribution < 1.29 is 80.2 Å². The number of allylic oxidation sites excluding steroid dienone is 4.